The molecule has 1 amide bonds. The number of furan rings is 1. The van der Waals surface area contributed by atoms with Crippen molar-refractivity contribution in [1.82, 2.24) is 14.9 Å². The third-order valence-corrected chi connectivity index (χ3v) is 5.64. The van der Waals surface area contributed by atoms with Crippen molar-refractivity contribution in [2.24, 2.45) is 0 Å². The molecule has 0 radical (unpaired) electrons. The summed E-state index contributed by atoms with van der Waals surface area (Å²) in [5, 5.41) is 0. The van der Waals surface area contributed by atoms with Crippen molar-refractivity contribution >= 4 is 11.9 Å². The van der Waals surface area contributed by atoms with E-state index in [-0.39, 0.29) is 18.2 Å². The van der Waals surface area contributed by atoms with E-state index in [2.05, 4.69) is 4.98 Å². The Morgan fingerprint density at radius 2 is 1.97 bits per heavy atom. The number of carbonyl (C=O) groups is 1. The summed E-state index contributed by atoms with van der Waals surface area (Å²) in [6.07, 6.45) is 2.01. The maximum Gasteiger partial charge on any atom is 0.289 e. The Labute approximate surface area is 196 Å². The van der Waals surface area contributed by atoms with Crippen molar-refractivity contribution < 1.29 is 18.3 Å². The van der Waals surface area contributed by atoms with Crippen LogP contribution in [0.3, 0.4) is 0 Å². The third kappa shape index (κ3) is 4.61. The second-order valence-corrected chi connectivity index (χ2v) is 8.11. The van der Waals surface area contributed by atoms with E-state index in [0.717, 1.165) is 11.3 Å². The molecule has 0 spiro atoms. The summed E-state index contributed by atoms with van der Waals surface area (Å²) in [5.74, 6) is 0.791. The second kappa shape index (κ2) is 9.35. The van der Waals surface area contributed by atoms with Gasteiger partial charge in [-0.15, -0.1) is 0 Å². The standard InChI is InChI=1S/C26H23FN4O3/c1-30(16-18-7-3-2-4-8-18)26-28-22-12-13-31(25(32)23-11-6-14-33-23)17-21(22)24(29-26)34-20-10-5-9-19(27)15-20/h2-11,14-15H,12-13,16-17H2,1H3. The van der Waals surface area contributed by atoms with Crippen LogP contribution < -0.4 is 9.64 Å². The first-order valence-electron chi connectivity index (χ1n) is 11.0. The monoisotopic (exact) mass is 458 g/mol. The summed E-state index contributed by atoms with van der Waals surface area (Å²) in [6, 6.07) is 19.2. The van der Waals surface area contributed by atoms with Gasteiger partial charge >= 0.3 is 0 Å². The Bertz CT molecular complexity index is 1290. The van der Waals surface area contributed by atoms with Gasteiger partial charge in [0.2, 0.25) is 11.8 Å². The molecular weight excluding hydrogens is 435 g/mol. The molecule has 5 rings (SSSR count). The van der Waals surface area contributed by atoms with Crippen LogP contribution in [0.2, 0.25) is 0 Å². The summed E-state index contributed by atoms with van der Waals surface area (Å²) in [7, 11) is 1.91. The molecule has 0 fully saturated rings. The van der Waals surface area contributed by atoms with E-state index in [1.54, 1.807) is 29.2 Å². The minimum Gasteiger partial charge on any atom is -0.459 e. The van der Waals surface area contributed by atoms with Crippen LogP contribution in [0.5, 0.6) is 11.6 Å². The van der Waals surface area contributed by atoms with Crippen molar-refractivity contribution in [2.75, 3.05) is 18.5 Å². The van der Waals surface area contributed by atoms with Crippen molar-refractivity contribution in [2.45, 2.75) is 19.5 Å². The van der Waals surface area contributed by atoms with Crippen molar-refractivity contribution in [3.8, 4) is 11.6 Å². The molecule has 0 saturated carbocycles. The first-order chi connectivity index (χ1) is 16.6. The van der Waals surface area contributed by atoms with Crippen molar-refractivity contribution in [1.29, 1.82) is 0 Å². The zero-order chi connectivity index (χ0) is 23.5. The molecule has 0 unspecified atom stereocenters. The molecule has 0 saturated heterocycles. The van der Waals surface area contributed by atoms with Gasteiger partial charge in [-0.1, -0.05) is 36.4 Å². The number of amides is 1. The molecule has 1 aliphatic rings. The minimum atomic E-state index is -0.406. The van der Waals surface area contributed by atoms with Crippen LogP contribution in [-0.4, -0.2) is 34.4 Å². The topological polar surface area (TPSA) is 71.7 Å². The molecule has 2 aromatic carbocycles. The lowest BCUT2D eigenvalue weighted by Gasteiger charge is -2.29. The maximum absolute atomic E-state index is 13.8. The fourth-order valence-electron chi connectivity index (χ4n) is 3.93. The Morgan fingerprint density at radius 3 is 2.74 bits per heavy atom. The smallest absolute Gasteiger partial charge is 0.289 e. The van der Waals surface area contributed by atoms with Gasteiger partial charge in [0.15, 0.2) is 5.76 Å². The Kier molecular flexibility index (Phi) is 5.95. The van der Waals surface area contributed by atoms with E-state index in [0.29, 0.717) is 42.7 Å². The molecule has 8 heteroatoms. The van der Waals surface area contributed by atoms with Gasteiger partial charge in [-0.05, 0) is 29.8 Å². The predicted molar refractivity (Wildman–Crippen MR) is 124 cm³/mol. The fraction of sp³-hybridized carbons (Fsp3) is 0.192. The Hall–Kier alpha value is -4.20. The van der Waals surface area contributed by atoms with Gasteiger partial charge < -0.3 is 19.0 Å². The quantitative estimate of drug-likeness (QED) is 0.412. The summed E-state index contributed by atoms with van der Waals surface area (Å²) in [4.78, 5) is 25.9. The number of rotatable bonds is 6. The first kappa shape index (κ1) is 21.6. The number of halogens is 1. The minimum absolute atomic E-state index is 0.211. The number of fused-ring (bicyclic) bond motifs is 1. The first-order valence-corrected chi connectivity index (χ1v) is 11.0. The van der Waals surface area contributed by atoms with Gasteiger partial charge in [0.25, 0.3) is 5.91 Å². The Balaban J connectivity index is 1.48. The molecular formula is C26H23FN4O3. The summed E-state index contributed by atoms with van der Waals surface area (Å²) in [5.41, 5.74) is 2.63. The van der Waals surface area contributed by atoms with Crippen LogP contribution in [0, 0.1) is 5.82 Å². The number of hydrogen-bond donors (Lipinski definition) is 0. The van der Waals surface area contributed by atoms with Crippen LogP contribution in [0.25, 0.3) is 0 Å². The van der Waals surface area contributed by atoms with Crippen molar-refractivity contribution in [3.05, 3.63) is 101 Å². The fourth-order valence-corrected chi connectivity index (χ4v) is 3.93. The molecule has 0 aliphatic carbocycles. The average molecular weight is 458 g/mol. The molecule has 1 aliphatic heterocycles. The van der Waals surface area contributed by atoms with Crippen molar-refractivity contribution in [3.63, 3.8) is 0 Å². The van der Waals surface area contributed by atoms with E-state index >= 15 is 0 Å². The highest BCUT2D eigenvalue weighted by Crippen LogP contribution is 2.32. The largest absolute Gasteiger partial charge is 0.459 e. The zero-order valence-corrected chi connectivity index (χ0v) is 18.6. The maximum atomic E-state index is 13.8. The Morgan fingerprint density at radius 1 is 1.12 bits per heavy atom. The van der Waals surface area contributed by atoms with E-state index in [1.807, 2.05) is 42.3 Å². The molecule has 7 nitrogen and oxygen atoms in total. The lowest BCUT2D eigenvalue weighted by Crippen LogP contribution is -2.37. The average Bonchev–Trinajstić information content (AvgIpc) is 3.39. The van der Waals surface area contributed by atoms with Crippen LogP contribution in [0.4, 0.5) is 10.3 Å². The van der Waals surface area contributed by atoms with Gasteiger partial charge in [-0.2, -0.15) is 4.98 Å². The highest BCUT2D eigenvalue weighted by atomic mass is 19.1. The molecule has 4 aromatic rings. The SMILES string of the molecule is CN(Cc1ccccc1)c1nc2c(c(Oc3cccc(F)c3)n1)CN(C(=O)c1ccco1)CC2. The van der Waals surface area contributed by atoms with E-state index in [1.165, 1.54) is 18.4 Å². The van der Waals surface area contributed by atoms with E-state index in [9.17, 15) is 9.18 Å². The summed E-state index contributed by atoms with van der Waals surface area (Å²) >= 11 is 0. The molecule has 172 valence electrons. The van der Waals surface area contributed by atoms with E-state index in [4.69, 9.17) is 14.1 Å². The number of nitrogens with zero attached hydrogens (tertiary/aromatic N) is 4. The zero-order valence-electron chi connectivity index (χ0n) is 18.6. The third-order valence-electron chi connectivity index (χ3n) is 5.64. The van der Waals surface area contributed by atoms with Crippen LogP contribution >= 0.6 is 0 Å². The number of ether oxygens (including phenoxy) is 1. The lowest BCUT2D eigenvalue weighted by molar-refractivity contribution is 0.0699. The number of hydrogen-bond acceptors (Lipinski definition) is 6. The summed E-state index contributed by atoms with van der Waals surface area (Å²) < 4.78 is 25.1. The van der Waals surface area contributed by atoms with Crippen LogP contribution in [0.15, 0.2) is 77.4 Å². The highest BCUT2D eigenvalue weighted by Gasteiger charge is 2.29. The van der Waals surface area contributed by atoms with Crippen LogP contribution in [-0.2, 0) is 19.5 Å². The van der Waals surface area contributed by atoms with Gasteiger partial charge in [0.1, 0.15) is 11.6 Å². The van der Waals surface area contributed by atoms with Gasteiger partial charge in [0, 0.05) is 32.6 Å². The molecule has 34 heavy (non-hydrogen) atoms. The molecule has 0 atom stereocenters. The lowest BCUT2D eigenvalue weighted by atomic mass is 10.1. The molecule has 3 heterocycles. The molecule has 0 N–H and O–H groups in total. The van der Waals surface area contributed by atoms with Crippen LogP contribution in [0.1, 0.15) is 27.4 Å². The highest BCUT2D eigenvalue weighted by molar-refractivity contribution is 5.91. The number of benzene rings is 2. The number of aromatic nitrogens is 2. The van der Waals surface area contributed by atoms with E-state index < -0.39 is 5.82 Å². The second-order valence-electron chi connectivity index (χ2n) is 8.11. The predicted octanol–water partition coefficient (Wildman–Crippen LogP) is 4.84. The number of carbonyl (C=O) groups excluding carboxylic acids is 1. The van der Waals surface area contributed by atoms with Gasteiger partial charge in [0.05, 0.1) is 24.1 Å². The van der Waals surface area contributed by atoms with Gasteiger partial charge in [-0.25, -0.2) is 9.37 Å². The normalized spacial score (nSPS) is 12.8. The van der Waals surface area contributed by atoms with Gasteiger partial charge in [-0.3, -0.25) is 4.79 Å². The summed E-state index contributed by atoms with van der Waals surface area (Å²) in [6.45, 7) is 1.37. The molecule has 2 aromatic heterocycles. The molecule has 0 bridgehead atoms. The number of anilines is 1.